The van der Waals surface area contributed by atoms with Gasteiger partial charge < -0.3 is 15.3 Å². The molecule has 2 fully saturated rings. The third-order valence-corrected chi connectivity index (χ3v) is 9.21. The first-order valence-corrected chi connectivity index (χ1v) is 15.4. The van der Waals surface area contributed by atoms with Crippen molar-refractivity contribution < 1.29 is 14.3 Å². The Hall–Kier alpha value is -3.03. The average molecular weight is 561 g/mol. The van der Waals surface area contributed by atoms with E-state index >= 15 is 0 Å². The molecule has 2 aliphatic rings. The van der Waals surface area contributed by atoms with Gasteiger partial charge in [-0.2, -0.15) is 5.10 Å². The quantitative estimate of drug-likeness (QED) is 0.298. The van der Waals surface area contributed by atoms with Gasteiger partial charge in [0.1, 0.15) is 11.9 Å². The summed E-state index contributed by atoms with van der Waals surface area (Å²) in [5, 5.41) is 18.1. The second-order valence-electron chi connectivity index (χ2n) is 12.4. The summed E-state index contributed by atoms with van der Waals surface area (Å²) in [6, 6.07) is 19.4. The van der Waals surface area contributed by atoms with Crippen LogP contribution in [-0.2, 0) is 17.8 Å². The van der Waals surface area contributed by atoms with Crippen LogP contribution in [0.1, 0.15) is 80.8 Å². The summed E-state index contributed by atoms with van der Waals surface area (Å²) >= 11 is 0. The molecular formula is C34H45FN4O2. The fraction of sp³-hybridized carbons (Fsp3) is 0.529. The summed E-state index contributed by atoms with van der Waals surface area (Å²) in [6.45, 7) is 9.96. The van der Waals surface area contributed by atoms with Crippen molar-refractivity contribution in [3.8, 4) is 0 Å². The molecule has 6 nitrogen and oxygen atoms in total. The van der Waals surface area contributed by atoms with Crippen LogP contribution in [0.15, 0.2) is 60.7 Å². The topological polar surface area (TPSA) is 70.4 Å². The van der Waals surface area contributed by atoms with Gasteiger partial charge in [-0.3, -0.25) is 9.48 Å². The fourth-order valence-electron chi connectivity index (χ4n) is 7.11. The average Bonchev–Trinajstić information content (AvgIpc) is 3.56. The maximum absolute atomic E-state index is 14.2. The molecule has 41 heavy (non-hydrogen) atoms. The Morgan fingerprint density at radius 2 is 1.83 bits per heavy atom. The molecule has 0 bridgehead atoms. The van der Waals surface area contributed by atoms with Gasteiger partial charge in [-0.15, -0.1) is 0 Å². The normalized spacial score (nSPS) is 22.8. The lowest BCUT2D eigenvalue weighted by molar-refractivity contribution is -0.140. The standard InChI is InChI=1S/C34H45FN4O2/c1-4-39-32(21-30(37-39)17-24-9-6-5-7-10-24)25-13-15-38(16-14-25)22-27-19-29(36-33(23(2)3)34(40)41)20-31(27)26-11-8-12-28(35)18-26/h5-12,18,21,23,25,27,29,31,33,36H,4,13-17,19-20,22H2,1-3H3,(H,40,41)/t27?,29?,31?,33-/m1/s1. The number of carboxylic acids is 1. The second kappa shape index (κ2) is 13.3. The number of nitrogens with one attached hydrogen (secondary N) is 1. The van der Waals surface area contributed by atoms with Crippen molar-refractivity contribution in [2.75, 3.05) is 19.6 Å². The largest absolute Gasteiger partial charge is 0.480 e. The van der Waals surface area contributed by atoms with Crippen LogP contribution in [0.2, 0.25) is 0 Å². The Balaban J connectivity index is 1.24. The van der Waals surface area contributed by atoms with Crippen LogP contribution in [-0.4, -0.2) is 57.5 Å². The molecule has 1 saturated carbocycles. The summed E-state index contributed by atoms with van der Waals surface area (Å²) in [5.74, 6) is 0.0653. The van der Waals surface area contributed by atoms with E-state index in [1.165, 1.54) is 17.3 Å². The lowest BCUT2D eigenvalue weighted by Crippen LogP contribution is -2.46. The van der Waals surface area contributed by atoms with E-state index in [1.807, 2.05) is 26.0 Å². The zero-order valence-corrected chi connectivity index (χ0v) is 24.7. The minimum Gasteiger partial charge on any atom is -0.480 e. The number of carboxylic acid groups (broad SMARTS) is 1. The maximum Gasteiger partial charge on any atom is 0.320 e. The summed E-state index contributed by atoms with van der Waals surface area (Å²) in [6.07, 6.45) is 4.80. The van der Waals surface area contributed by atoms with Crippen LogP contribution < -0.4 is 5.32 Å². The molecular weight excluding hydrogens is 515 g/mol. The van der Waals surface area contributed by atoms with Gasteiger partial charge in [0.2, 0.25) is 0 Å². The van der Waals surface area contributed by atoms with E-state index in [4.69, 9.17) is 5.10 Å². The van der Waals surface area contributed by atoms with Crippen molar-refractivity contribution in [3.05, 3.63) is 89.0 Å². The van der Waals surface area contributed by atoms with E-state index in [1.54, 1.807) is 12.1 Å². The minimum atomic E-state index is -0.800. The number of nitrogens with zero attached hydrogens (tertiary/aromatic N) is 3. The molecule has 0 radical (unpaired) electrons. The minimum absolute atomic E-state index is 0.00274. The first-order chi connectivity index (χ1) is 19.8. The van der Waals surface area contributed by atoms with Crippen molar-refractivity contribution in [1.82, 2.24) is 20.0 Å². The number of rotatable bonds is 11. The molecule has 0 spiro atoms. The number of carbonyl (C=O) groups is 1. The van der Waals surface area contributed by atoms with Gasteiger partial charge in [0.15, 0.2) is 0 Å². The molecule has 7 heteroatoms. The van der Waals surface area contributed by atoms with Crippen LogP contribution in [0, 0.1) is 17.7 Å². The number of aryl methyl sites for hydroxylation is 1. The molecule has 3 aromatic rings. The van der Waals surface area contributed by atoms with Crippen LogP contribution in [0.4, 0.5) is 4.39 Å². The van der Waals surface area contributed by atoms with E-state index in [-0.39, 0.29) is 23.7 Å². The number of aromatic nitrogens is 2. The highest BCUT2D eigenvalue weighted by Gasteiger charge is 2.39. The van der Waals surface area contributed by atoms with Crippen molar-refractivity contribution in [2.45, 2.75) is 83.3 Å². The molecule has 4 atom stereocenters. The summed E-state index contributed by atoms with van der Waals surface area (Å²) in [7, 11) is 0. The van der Waals surface area contributed by atoms with Crippen LogP contribution >= 0.6 is 0 Å². The first-order valence-electron chi connectivity index (χ1n) is 15.4. The molecule has 2 N–H and O–H groups in total. The lowest BCUT2D eigenvalue weighted by atomic mass is 9.87. The lowest BCUT2D eigenvalue weighted by Gasteiger charge is -2.35. The molecule has 220 valence electrons. The zero-order chi connectivity index (χ0) is 28.9. The molecule has 5 rings (SSSR count). The van der Waals surface area contributed by atoms with Gasteiger partial charge in [-0.25, -0.2) is 4.39 Å². The molecule has 2 heterocycles. The Kier molecular flexibility index (Phi) is 9.56. The Morgan fingerprint density at radius 1 is 1.07 bits per heavy atom. The van der Waals surface area contributed by atoms with Crippen LogP contribution in [0.25, 0.3) is 0 Å². The van der Waals surface area contributed by atoms with Crippen LogP contribution in [0.5, 0.6) is 0 Å². The number of halogens is 1. The number of piperidine rings is 1. The predicted octanol–water partition coefficient (Wildman–Crippen LogP) is 6.07. The highest BCUT2D eigenvalue weighted by Crippen LogP contribution is 2.42. The molecule has 1 saturated heterocycles. The molecule has 1 aliphatic carbocycles. The highest BCUT2D eigenvalue weighted by molar-refractivity contribution is 5.73. The smallest absolute Gasteiger partial charge is 0.320 e. The number of hydrogen-bond donors (Lipinski definition) is 2. The summed E-state index contributed by atoms with van der Waals surface area (Å²) < 4.78 is 16.4. The van der Waals surface area contributed by atoms with Crippen molar-refractivity contribution in [3.63, 3.8) is 0 Å². The van der Waals surface area contributed by atoms with Crippen molar-refractivity contribution >= 4 is 5.97 Å². The van der Waals surface area contributed by atoms with E-state index in [9.17, 15) is 14.3 Å². The van der Waals surface area contributed by atoms with E-state index in [2.05, 4.69) is 52.2 Å². The SMILES string of the molecule is CCn1nc(Cc2ccccc2)cc1C1CCN(CC2CC(N[C@@H](C(=O)O)C(C)C)CC2c2cccc(F)c2)CC1. The van der Waals surface area contributed by atoms with Gasteiger partial charge in [-0.1, -0.05) is 56.3 Å². The molecule has 1 aromatic heterocycles. The van der Waals surface area contributed by atoms with Gasteiger partial charge >= 0.3 is 5.97 Å². The monoisotopic (exact) mass is 560 g/mol. The van der Waals surface area contributed by atoms with Crippen LogP contribution in [0.3, 0.4) is 0 Å². The van der Waals surface area contributed by atoms with E-state index < -0.39 is 12.0 Å². The third-order valence-electron chi connectivity index (χ3n) is 9.21. The molecule has 1 aliphatic heterocycles. The van der Waals surface area contributed by atoms with Gasteiger partial charge in [-0.05, 0) is 92.8 Å². The highest BCUT2D eigenvalue weighted by atomic mass is 19.1. The Morgan fingerprint density at radius 3 is 2.49 bits per heavy atom. The van der Waals surface area contributed by atoms with Gasteiger partial charge in [0.05, 0.1) is 5.69 Å². The summed E-state index contributed by atoms with van der Waals surface area (Å²) in [5.41, 5.74) is 4.81. The number of hydrogen-bond acceptors (Lipinski definition) is 4. The number of benzene rings is 2. The first kappa shape index (κ1) is 29.5. The third kappa shape index (κ3) is 7.25. The Bertz CT molecular complexity index is 1280. The van der Waals surface area contributed by atoms with E-state index in [0.717, 1.165) is 69.5 Å². The zero-order valence-electron chi connectivity index (χ0n) is 24.7. The molecule has 3 unspecified atom stereocenters. The van der Waals surface area contributed by atoms with Crippen molar-refractivity contribution in [2.24, 2.45) is 11.8 Å². The fourth-order valence-corrected chi connectivity index (χ4v) is 7.11. The predicted molar refractivity (Wildman–Crippen MR) is 161 cm³/mol. The number of likely N-dealkylation sites (tertiary alicyclic amines) is 1. The van der Waals surface area contributed by atoms with Gasteiger partial charge in [0, 0.05) is 37.2 Å². The maximum atomic E-state index is 14.2. The van der Waals surface area contributed by atoms with Crippen molar-refractivity contribution in [1.29, 1.82) is 0 Å². The van der Waals surface area contributed by atoms with Gasteiger partial charge in [0.25, 0.3) is 0 Å². The molecule has 2 aromatic carbocycles. The van der Waals surface area contributed by atoms with E-state index in [0.29, 0.717) is 11.8 Å². The number of aliphatic carboxylic acids is 1. The second-order valence-corrected chi connectivity index (χ2v) is 12.4. The Labute approximate surface area is 244 Å². The molecule has 0 amide bonds. The summed E-state index contributed by atoms with van der Waals surface area (Å²) in [4.78, 5) is 14.5.